The summed E-state index contributed by atoms with van der Waals surface area (Å²) in [6.07, 6.45) is 1.81. The summed E-state index contributed by atoms with van der Waals surface area (Å²) in [7, 11) is 0. The molecule has 0 radical (unpaired) electrons. The number of hydrazone groups is 1. The van der Waals surface area contributed by atoms with Gasteiger partial charge in [-0.1, -0.05) is 18.2 Å². The Kier molecular flexibility index (Phi) is 3.08. The van der Waals surface area contributed by atoms with Crippen molar-refractivity contribution in [2.24, 2.45) is 10.8 Å². The first-order valence-electron chi connectivity index (χ1n) is 6.12. The molecule has 100 valence electrons. The molecule has 3 rings (SSSR count). The molecule has 4 N–H and O–H groups in total. The SMILES string of the molecule is CC(=NNC(N)=S)c1cc2c(cn1)[nH]c1ccccc12. The summed E-state index contributed by atoms with van der Waals surface area (Å²) in [5.41, 5.74) is 11.5. The van der Waals surface area contributed by atoms with E-state index in [1.165, 1.54) is 5.39 Å². The van der Waals surface area contributed by atoms with E-state index in [9.17, 15) is 0 Å². The van der Waals surface area contributed by atoms with Crippen molar-refractivity contribution in [1.82, 2.24) is 15.4 Å². The number of aromatic nitrogens is 2. The molecule has 2 heterocycles. The summed E-state index contributed by atoms with van der Waals surface area (Å²) < 4.78 is 0. The smallest absolute Gasteiger partial charge is 0.184 e. The first kappa shape index (κ1) is 12.6. The van der Waals surface area contributed by atoms with Gasteiger partial charge < -0.3 is 10.7 Å². The molecule has 0 saturated heterocycles. The van der Waals surface area contributed by atoms with Crippen molar-refractivity contribution < 1.29 is 0 Å². The zero-order valence-corrected chi connectivity index (χ0v) is 11.7. The van der Waals surface area contributed by atoms with Gasteiger partial charge in [0.05, 0.1) is 23.1 Å². The number of para-hydroxylation sites is 1. The maximum Gasteiger partial charge on any atom is 0.184 e. The van der Waals surface area contributed by atoms with Gasteiger partial charge in [-0.2, -0.15) is 5.10 Å². The van der Waals surface area contributed by atoms with Crippen molar-refractivity contribution in [2.45, 2.75) is 6.92 Å². The fourth-order valence-corrected chi connectivity index (χ4v) is 2.19. The molecule has 5 nitrogen and oxygen atoms in total. The summed E-state index contributed by atoms with van der Waals surface area (Å²) in [5.74, 6) is 0. The number of H-pyrrole nitrogens is 1. The Morgan fingerprint density at radius 2 is 2.10 bits per heavy atom. The monoisotopic (exact) mass is 283 g/mol. The third-order valence-electron chi connectivity index (χ3n) is 3.10. The average molecular weight is 283 g/mol. The Hall–Kier alpha value is -2.47. The Bertz CT molecular complexity index is 834. The van der Waals surface area contributed by atoms with E-state index in [1.807, 2.05) is 37.4 Å². The Morgan fingerprint density at radius 3 is 2.90 bits per heavy atom. The lowest BCUT2D eigenvalue weighted by Crippen LogP contribution is -2.25. The summed E-state index contributed by atoms with van der Waals surface area (Å²) in [6, 6.07) is 10.2. The molecule has 20 heavy (non-hydrogen) atoms. The number of benzene rings is 1. The van der Waals surface area contributed by atoms with Crippen molar-refractivity contribution in [3.63, 3.8) is 0 Å². The lowest BCUT2D eigenvalue weighted by Gasteiger charge is -2.01. The van der Waals surface area contributed by atoms with Crippen LogP contribution in [0.2, 0.25) is 0 Å². The van der Waals surface area contributed by atoms with Crippen LogP contribution in [0.3, 0.4) is 0 Å². The zero-order valence-electron chi connectivity index (χ0n) is 10.8. The lowest BCUT2D eigenvalue weighted by atomic mass is 10.1. The molecule has 0 fully saturated rings. The van der Waals surface area contributed by atoms with E-state index in [2.05, 4.69) is 26.6 Å². The molecular formula is C14H13N5S. The van der Waals surface area contributed by atoms with Crippen LogP contribution in [-0.2, 0) is 0 Å². The largest absolute Gasteiger partial charge is 0.375 e. The van der Waals surface area contributed by atoms with Gasteiger partial charge in [-0.25, -0.2) is 0 Å². The zero-order chi connectivity index (χ0) is 14.1. The molecule has 0 aliphatic rings. The third kappa shape index (κ3) is 2.21. The van der Waals surface area contributed by atoms with Crippen LogP contribution in [-0.4, -0.2) is 20.8 Å². The van der Waals surface area contributed by atoms with E-state index in [0.29, 0.717) is 0 Å². The highest BCUT2D eigenvalue weighted by molar-refractivity contribution is 7.80. The lowest BCUT2D eigenvalue weighted by molar-refractivity contribution is 1.02. The van der Waals surface area contributed by atoms with Crippen molar-refractivity contribution in [2.75, 3.05) is 0 Å². The van der Waals surface area contributed by atoms with Crippen molar-refractivity contribution >= 4 is 44.8 Å². The van der Waals surface area contributed by atoms with Crippen LogP contribution in [0.15, 0.2) is 41.6 Å². The summed E-state index contributed by atoms with van der Waals surface area (Å²) >= 11 is 4.72. The predicted molar refractivity (Wildman–Crippen MR) is 85.7 cm³/mol. The molecule has 0 aliphatic carbocycles. The number of rotatable bonds is 2. The molecule has 3 aromatic rings. The first-order valence-corrected chi connectivity index (χ1v) is 6.52. The van der Waals surface area contributed by atoms with Gasteiger partial charge in [-0.3, -0.25) is 10.4 Å². The van der Waals surface area contributed by atoms with E-state index in [-0.39, 0.29) is 5.11 Å². The molecule has 0 unspecified atom stereocenters. The molecular weight excluding hydrogens is 270 g/mol. The number of nitrogens with two attached hydrogens (primary N) is 1. The summed E-state index contributed by atoms with van der Waals surface area (Å²) in [4.78, 5) is 7.73. The molecule has 0 saturated carbocycles. The molecule has 0 amide bonds. The molecule has 0 spiro atoms. The van der Waals surface area contributed by atoms with Crippen LogP contribution in [0, 0.1) is 0 Å². The van der Waals surface area contributed by atoms with Crippen LogP contribution < -0.4 is 11.2 Å². The van der Waals surface area contributed by atoms with E-state index in [0.717, 1.165) is 27.8 Å². The van der Waals surface area contributed by atoms with Gasteiger partial charge >= 0.3 is 0 Å². The Balaban J connectivity index is 2.12. The minimum absolute atomic E-state index is 0.137. The van der Waals surface area contributed by atoms with Crippen molar-refractivity contribution in [3.8, 4) is 0 Å². The van der Waals surface area contributed by atoms with Crippen LogP contribution >= 0.6 is 12.2 Å². The number of pyridine rings is 1. The normalized spacial score (nSPS) is 11.9. The van der Waals surface area contributed by atoms with Gasteiger partial charge in [-0.15, -0.1) is 0 Å². The second kappa shape index (κ2) is 4.90. The van der Waals surface area contributed by atoms with Gasteiger partial charge in [0.2, 0.25) is 0 Å². The van der Waals surface area contributed by atoms with Gasteiger partial charge in [0, 0.05) is 16.3 Å². The molecule has 2 aromatic heterocycles. The maximum absolute atomic E-state index is 5.36. The molecule has 1 aromatic carbocycles. The van der Waals surface area contributed by atoms with E-state index >= 15 is 0 Å². The number of nitrogens with zero attached hydrogens (tertiary/aromatic N) is 2. The second-order valence-electron chi connectivity index (χ2n) is 4.46. The van der Waals surface area contributed by atoms with Gasteiger partial charge in [-0.05, 0) is 31.3 Å². The minimum Gasteiger partial charge on any atom is -0.375 e. The van der Waals surface area contributed by atoms with Crippen molar-refractivity contribution in [3.05, 3.63) is 42.2 Å². The van der Waals surface area contributed by atoms with Crippen LogP contribution in [0.1, 0.15) is 12.6 Å². The standard InChI is InChI=1S/C14H13N5S/c1-8(18-19-14(15)20)12-6-10-9-4-2-3-5-11(9)17-13(10)7-16-12/h2-7,17H,1H3,(H3,15,19,20). The highest BCUT2D eigenvalue weighted by Gasteiger charge is 2.07. The molecule has 6 heteroatoms. The van der Waals surface area contributed by atoms with Crippen molar-refractivity contribution in [1.29, 1.82) is 0 Å². The Morgan fingerprint density at radius 1 is 1.30 bits per heavy atom. The summed E-state index contributed by atoms with van der Waals surface area (Å²) in [6.45, 7) is 1.86. The highest BCUT2D eigenvalue weighted by atomic mass is 32.1. The molecule has 0 bridgehead atoms. The summed E-state index contributed by atoms with van der Waals surface area (Å²) in [5, 5.41) is 6.52. The number of fused-ring (bicyclic) bond motifs is 3. The third-order valence-corrected chi connectivity index (χ3v) is 3.19. The predicted octanol–water partition coefficient (Wildman–Crippen LogP) is 2.27. The number of hydrogen-bond acceptors (Lipinski definition) is 3. The quantitative estimate of drug-likeness (QED) is 0.383. The van der Waals surface area contributed by atoms with E-state index in [4.69, 9.17) is 18.0 Å². The van der Waals surface area contributed by atoms with Gasteiger partial charge in [0.15, 0.2) is 5.11 Å². The minimum atomic E-state index is 0.137. The number of aromatic amines is 1. The Labute approximate surface area is 120 Å². The van der Waals surface area contributed by atoms with Gasteiger partial charge in [0.25, 0.3) is 0 Å². The van der Waals surface area contributed by atoms with Crippen LogP contribution in [0.4, 0.5) is 0 Å². The fraction of sp³-hybridized carbons (Fsp3) is 0.0714. The van der Waals surface area contributed by atoms with Crippen LogP contribution in [0.5, 0.6) is 0 Å². The average Bonchev–Trinajstić information content (AvgIpc) is 2.82. The fourth-order valence-electron chi connectivity index (χ4n) is 2.14. The van der Waals surface area contributed by atoms with E-state index < -0.39 is 0 Å². The van der Waals surface area contributed by atoms with Crippen LogP contribution in [0.25, 0.3) is 21.8 Å². The maximum atomic E-state index is 5.36. The highest BCUT2D eigenvalue weighted by Crippen LogP contribution is 2.25. The molecule has 0 atom stereocenters. The number of thiocarbonyl (C=S) groups is 1. The van der Waals surface area contributed by atoms with E-state index in [1.54, 1.807) is 0 Å². The van der Waals surface area contributed by atoms with Gasteiger partial charge in [0.1, 0.15) is 0 Å². The number of hydrogen-bond donors (Lipinski definition) is 3. The second-order valence-corrected chi connectivity index (χ2v) is 4.90. The number of nitrogens with one attached hydrogen (secondary N) is 2. The first-order chi connectivity index (χ1) is 9.65. The molecule has 0 aliphatic heterocycles. The topological polar surface area (TPSA) is 79.1 Å².